The number of aliphatic hydroxyl groups is 2. The molecule has 1 aromatic carbocycles. The summed E-state index contributed by atoms with van der Waals surface area (Å²) in [6.45, 7) is 2.49. The highest BCUT2D eigenvalue weighted by Crippen LogP contribution is 2.41. The van der Waals surface area contributed by atoms with E-state index in [2.05, 4.69) is 37.0 Å². The largest absolute Gasteiger partial charge is 0.388 e. The van der Waals surface area contributed by atoms with Gasteiger partial charge in [0.2, 0.25) is 0 Å². The Morgan fingerprint density at radius 1 is 1.06 bits per heavy atom. The van der Waals surface area contributed by atoms with E-state index < -0.39 is 24.5 Å². The normalized spacial score (nSPS) is 24.9. The van der Waals surface area contributed by atoms with Crippen molar-refractivity contribution < 1.29 is 14.9 Å². The highest BCUT2D eigenvalue weighted by atomic mass is 16.6. The van der Waals surface area contributed by atoms with Crippen LogP contribution in [0.4, 0.5) is 11.5 Å². The molecule has 0 spiro atoms. The van der Waals surface area contributed by atoms with Crippen LogP contribution < -0.4 is 4.90 Å². The maximum Gasteiger partial charge on any atom is 0.181 e. The molecule has 1 fully saturated rings. The average Bonchev–Trinajstić information content (AvgIpc) is 3.50. The van der Waals surface area contributed by atoms with Crippen molar-refractivity contribution in [2.45, 2.75) is 37.9 Å². The fraction of sp³-hybridized carbons (Fsp3) is 0.318. The van der Waals surface area contributed by atoms with E-state index in [4.69, 9.17) is 9.84 Å². The van der Waals surface area contributed by atoms with Crippen LogP contribution in [0, 0.1) is 0 Å². The molecule has 3 aromatic heterocycles. The monoisotopic (exact) mass is 431 g/mol. The Kier molecular flexibility index (Phi) is 4.39. The summed E-state index contributed by atoms with van der Waals surface area (Å²) in [5, 5.41) is 26.3. The Bertz CT molecular complexity index is 1300. The zero-order valence-electron chi connectivity index (χ0n) is 17.3. The first-order chi connectivity index (χ1) is 15.6. The van der Waals surface area contributed by atoms with E-state index in [9.17, 15) is 10.2 Å². The fourth-order valence-corrected chi connectivity index (χ4v) is 4.53. The predicted molar refractivity (Wildman–Crippen MR) is 115 cm³/mol. The summed E-state index contributed by atoms with van der Waals surface area (Å²) in [6, 6.07) is 8.23. The lowest BCUT2D eigenvalue weighted by atomic mass is 10.1. The summed E-state index contributed by atoms with van der Waals surface area (Å²) in [6.07, 6.45) is 3.62. The van der Waals surface area contributed by atoms with Crippen molar-refractivity contribution in [1.29, 1.82) is 0 Å². The predicted octanol–water partition coefficient (Wildman–Crippen LogP) is 1.62. The van der Waals surface area contributed by atoms with Gasteiger partial charge in [0.1, 0.15) is 35.7 Å². The van der Waals surface area contributed by atoms with Gasteiger partial charge >= 0.3 is 0 Å². The molecule has 10 heteroatoms. The third-order valence-corrected chi connectivity index (χ3v) is 6.14. The van der Waals surface area contributed by atoms with Crippen LogP contribution in [0.2, 0.25) is 0 Å². The van der Waals surface area contributed by atoms with Crippen molar-refractivity contribution >= 4 is 22.5 Å². The number of aliphatic hydroxyl groups excluding tert-OH is 2. The molecule has 0 bridgehead atoms. The number of hydrogen-bond donors (Lipinski definition) is 2. The van der Waals surface area contributed by atoms with Gasteiger partial charge in [-0.25, -0.2) is 14.6 Å². The number of aromatic nitrogens is 6. The number of benzene rings is 1. The first-order valence-corrected chi connectivity index (χ1v) is 10.5. The molecular weight excluding hydrogens is 410 g/mol. The topological polar surface area (TPSA) is 122 Å². The first kappa shape index (κ1) is 19.2. The van der Waals surface area contributed by atoms with Gasteiger partial charge in [0.15, 0.2) is 11.9 Å². The van der Waals surface area contributed by atoms with Crippen molar-refractivity contribution in [3.63, 3.8) is 0 Å². The van der Waals surface area contributed by atoms with Gasteiger partial charge in [-0.2, -0.15) is 5.10 Å². The van der Waals surface area contributed by atoms with Crippen molar-refractivity contribution in [3.8, 4) is 11.4 Å². The highest BCUT2D eigenvalue weighted by molar-refractivity contribution is 6.00. The van der Waals surface area contributed by atoms with Crippen molar-refractivity contribution in [2.75, 3.05) is 11.4 Å². The smallest absolute Gasteiger partial charge is 0.181 e. The minimum Gasteiger partial charge on any atom is -0.388 e. The SMILES string of the molecule is C[C@H]1O[C@@H](n2nc(-c3cnccn3)c3c(N4CCc5ccccc54)ncnc32)[C@H](O)[C@@H]1O. The van der Waals surface area contributed by atoms with Gasteiger partial charge in [0.25, 0.3) is 0 Å². The summed E-state index contributed by atoms with van der Waals surface area (Å²) in [7, 11) is 0. The Morgan fingerprint density at radius 2 is 1.94 bits per heavy atom. The van der Waals surface area contributed by atoms with Crippen molar-refractivity contribution in [1.82, 2.24) is 29.7 Å². The molecule has 162 valence electrons. The molecule has 4 aromatic rings. The van der Waals surface area contributed by atoms with Crippen LogP contribution in [-0.2, 0) is 11.2 Å². The molecule has 0 unspecified atom stereocenters. The van der Waals surface area contributed by atoms with Gasteiger partial charge in [0, 0.05) is 24.6 Å². The average molecular weight is 431 g/mol. The van der Waals surface area contributed by atoms with Crippen molar-refractivity contribution in [3.05, 3.63) is 54.7 Å². The number of hydrogen-bond acceptors (Lipinski definition) is 9. The molecular formula is C22H21N7O3. The van der Waals surface area contributed by atoms with Gasteiger partial charge < -0.3 is 19.8 Å². The molecule has 0 saturated carbocycles. The molecule has 2 aliphatic rings. The van der Waals surface area contributed by atoms with Crippen LogP contribution in [0.1, 0.15) is 18.7 Å². The zero-order valence-corrected chi connectivity index (χ0v) is 17.3. The third-order valence-electron chi connectivity index (χ3n) is 6.14. The molecule has 32 heavy (non-hydrogen) atoms. The Balaban J connectivity index is 1.59. The molecule has 10 nitrogen and oxygen atoms in total. The number of para-hydroxylation sites is 1. The van der Waals surface area contributed by atoms with E-state index in [0.29, 0.717) is 28.2 Å². The first-order valence-electron chi connectivity index (χ1n) is 10.5. The van der Waals surface area contributed by atoms with Gasteiger partial charge in [-0.15, -0.1) is 0 Å². The van der Waals surface area contributed by atoms with Gasteiger partial charge in [-0.3, -0.25) is 9.97 Å². The van der Waals surface area contributed by atoms with Crippen LogP contribution >= 0.6 is 0 Å². The lowest BCUT2D eigenvalue weighted by Crippen LogP contribution is -2.30. The molecule has 1 saturated heterocycles. The summed E-state index contributed by atoms with van der Waals surface area (Å²) < 4.78 is 7.36. The van der Waals surface area contributed by atoms with Crippen LogP contribution in [0.5, 0.6) is 0 Å². The molecule has 6 rings (SSSR count). The van der Waals surface area contributed by atoms with Gasteiger partial charge in [-0.1, -0.05) is 18.2 Å². The number of anilines is 2. The molecule has 0 radical (unpaired) electrons. The van der Waals surface area contributed by atoms with Crippen molar-refractivity contribution in [2.24, 2.45) is 0 Å². The molecule has 0 amide bonds. The fourth-order valence-electron chi connectivity index (χ4n) is 4.53. The summed E-state index contributed by atoms with van der Waals surface area (Å²) in [5.41, 5.74) is 3.93. The van der Waals surface area contributed by atoms with E-state index in [1.54, 1.807) is 25.5 Å². The summed E-state index contributed by atoms with van der Waals surface area (Å²) in [4.78, 5) is 19.9. The standard InChI is InChI=1S/C22H21N7O3/c1-12-18(30)19(31)22(32-12)29-21-16(17(27-29)14-10-23-7-8-24-14)20(25-11-26-21)28-9-6-13-4-2-3-5-15(13)28/h2-5,7-8,10-12,18-19,22,30-31H,6,9H2,1H3/t12-,18-,19-,22-/m1/s1. The number of rotatable bonds is 3. The molecule has 2 N–H and O–H groups in total. The Hall–Kier alpha value is -3.47. The molecule has 0 aliphatic carbocycles. The number of nitrogens with zero attached hydrogens (tertiary/aromatic N) is 7. The molecule has 4 atom stereocenters. The Morgan fingerprint density at radius 3 is 2.72 bits per heavy atom. The Labute approximate surface area is 183 Å². The second-order valence-electron chi connectivity index (χ2n) is 8.02. The van der Waals surface area contributed by atoms with E-state index in [0.717, 1.165) is 18.7 Å². The van der Waals surface area contributed by atoms with Crippen LogP contribution in [0.15, 0.2) is 49.2 Å². The third kappa shape index (κ3) is 2.80. The quantitative estimate of drug-likeness (QED) is 0.498. The zero-order chi connectivity index (χ0) is 21.8. The lowest BCUT2D eigenvalue weighted by molar-refractivity contribution is -0.0370. The summed E-state index contributed by atoms with van der Waals surface area (Å²) >= 11 is 0. The molecule has 2 aliphatic heterocycles. The van der Waals surface area contributed by atoms with E-state index in [-0.39, 0.29) is 0 Å². The van der Waals surface area contributed by atoms with Gasteiger partial charge in [-0.05, 0) is 25.0 Å². The van der Waals surface area contributed by atoms with Gasteiger partial charge in [0.05, 0.1) is 17.7 Å². The molecule has 5 heterocycles. The minimum atomic E-state index is -1.14. The maximum atomic E-state index is 10.6. The summed E-state index contributed by atoms with van der Waals surface area (Å²) in [5.74, 6) is 0.702. The highest BCUT2D eigenvalue weighted by Gasteiger charge is 2.43. The second-order valence-corrected chi connectivity index (χ2v) is 8.02. The van der Waals surface area contributed by atoms with Crippen LogP contribution in [0.3, 0.4) is 0 Å². The van der Waals surface area contributed by atoms with E-state index in [1.165, 1.54) is 16.6 Å². The van der Waals surface area contributed by atoms with E-state index >= 15 is 0 Å². The maximum absolute atomic E-state index is 10.6. The van der Waals surface area contributed by atoms with Crippen LogP contribution in [0.25, 0.3) is 22.4 Å². The number of ether oxygens (including phenoxy) is 1. The second kappa shape index (κ2) is 7.30. The lowest BCUT2D eigenvalue weighted by Gasteiger charge is -2.19. The van der Waals surface area contributed by atoms with Crippen LogP contribution in [-0.4, -0.2) is 64.8 Å². The number of fused-ring (bicyclic) bond motifs is 2. The minimum absolute atomic E-state index is 0.491. The van der Waals surface area contributed by atoms with E-state index in [1.807, 2.05) is 12.1 Å².